The largest absolute Gasteiger partial charge is 0.376 e. The number of carbonyl (C=O) groups excluding carboxylic acids is 1. The van der Waals surface area contributed by atoms with Gasteiger partial charge in [0.15, 0.2) is 0 Å². The molecule has 7 nitrogen and oxygen atoms in total. The number of carbonyl (C=O) groups is 1. The number of nitrogens with one attached hydrogen (secondary N) is 2. The highest BCUT2D eigenvalue weighted by Gasteiger charge is 2.40. The minimum atomic E-state index is -0.119. The molecular weight excluding hydrogens is 318 g/mol. The van der Waals surface area contributed by atoms with Crippen LogP contribution in [0.3, 0.4) is 0 Å². The van der Waals surface area contributed by atoms with E-state index in [2.05, 4.69) is 20.6 Å². The van der Waals surface area contributed by atoms with Gasteiger partial charge in [-0.25, -0.2) is 9.97 Å². The van der Waals surface area contributed by atoms with Gasteiger partial charge in [0, 0.05) is 44.7 Å². The van der Waals surface area contributed by atoms with Crippen LogP contribution in [0.1, 0.15) is 24.8 Å². The number of ether oxygens (including phenoxy) is 1. The molecule has 7 heteroatoms. The fraction of sp³-hybridized carbons (Fsp3) is 0.611. The van der Waals surface area contributed by atoms with Gasteiger partial charge < -0.3 is 20.3 Å². The lowest BCUT2D eigenvalue weighted by Crippen LogP contribution is -2.37. The van der Waals surface area contributed by atoms with Crippen LogP contribution in [0.15, 0.2) is 18.5 Å². The van der Waals surface area contributed by atoms with Gasteiger partial charge in [0.05, 0.1) is 12.7 Å². The molecule has 2 fully saturated rings. The Labute approximate surface area is 148 Å². The monoisotopic (exact) mass is 345 g/mol. The van der Waals surface area contributed by atoms with Crippen molar-refractivity contribution < 1.29 is 9.53 Å². The molecule has 2 aliphatic heterocycles. The fourth-order valence-electron chi connectivity index (χ4n) is 3.43. The fourth-order valence-corrected chi connectivity index (χ4v) is 3.43. The van der Waals surface area contributed by atoms with Gasteiger partial charge in [0.25, 0.3) is 0 Å². The summed E-state index contributed by atoms with van der Waals surface area (Å²) in [5.74, 6) is 0.526. The zero-order valence-corrected chi connectivity index (χ0v) is 15.0. The van der Waals surface area contributed by atoms with Gasteiger partial charge in [0.2, 0.25) is 11.9 Å². The third-order valence-corrected chi connectivity index (χ3v) is 4.94. The van der Waals surface area contributed by atoms with E-state index >= 15 is 0 Å². The Bertz CT molecular complexity index is 608. The van der Waals surface area contributed by atoms with Crippen molar-refractivity contribution in [3.05, 3.63) is 24.0 Å². The first-order chi connectivity index (χ1) is 12.1. The molecule has 1 amide bonds. The lowest BCUT2D eigenvalue weighted by molar-refractivity contribution is -0.116. The van der Waals surface area contributed by atoms with Crippen LogP contribution in [0.4, 0.5) is 5.95 Å². The van der Waals surface area contributed by atoms with Crippen molar-refractivity contribution in [1.82, 2.24) is 20.6 Å². The molecule has 0 aliphatic carbocycles. The van der Waals surface area contributed by atoms with Crippen LogP contribution in [-0.4, -0.2) is 62.3 Å². The minimum absolute atomic E-state index is 0.119. The standard InChI is InChI=1S/C18H27N5O2/c1-23(2)17-21-10-14(11-22-17)3-4-16(24)20-12-15-9-18(13-25-15)5-7-19-8-6-18/h3-4,10-11,15,19H,5-9,12-13H2,1-2H3,(H,20,24). The summed E-state index contributed by atoms with van der Waals surface area (Å²) in [5.41, 5.74) is 1.12. The van der Waals surface area contributed by atoms with Crippen LogP contribution in [0.2, 0.25) is 0 Å². The molecule has 1 unspecified atom stereocenters. The van der Waals surface area contributed by atoms with E-state index in [1.54, 1.807) is 18.5 Å². The highest BCUT2D eigenvalue weighted by Crippen LogP contribution is 2.40. The molecule has 0 bridgehead atoms. The molecule has 1 aromatic rings. The molecule has 0 saturated carbocycles. The van der Waals surface area contributed by atoms with E-state index in [4.69, 9.17) is 4.74 Å². The van der Waals surface area contributed by atoms with Gasteiger partial charge in [-0.3, -0.25) is 4.79 Å². The molecule has 1 spiro atoms. The summed E-state index contributed by atoms with van der Waals surface area (Å²) < 4.78 is 5.90. The highest BCUT2D eigenvalue weighted by atomic mass is 16.5. The average molecular weight is 345 g/mol. The average Bonchev–Trinajstić information content (AvgIpc) is 3.01. The van der Waals surface area contributed by atoms with Crippen molar-refractivity contribution in [2.75, 3.05) is 45.2 Å². The van der Waals surface area contributed by atoms with Crippen LogP contribution in [-0.2, 0) is 9.53 Å². The molecule has 1 aromatic heterocycles. The van der Waals surface area contributed by atoms with Crippen LogP contribution < -0.4 is 15.5 Å². The van der Waals surface area contributed by atoms with Crippen molar-refractivity contribution in [3.8, 4) is 0 Å². The summed E-state index contributed by atoms with van der Waals surface area (Å²) in [6, 6.07) is 0. The maximum atomic E-state index is 12.0. The van der Waals surface area contributed by atoms with Gasteiger partial charge in [-0.15, -0.1) is 0 Å². The topological polar surface area (TPSA) is 79.4 Å². The lowest BCUT2D eigenvalue weighted by Gasteiger charge is -2.32. The Morgan fingerprint density at radius 3 is 2.80 bits per heavy atom. The molecular formula is C18H27N5O2. The number of amides is 1. The zero-order valence-electron chi connectivity index (χ0n) is 15.0. The van der Waals surface area contributed by atoms with Crippen LogP contribution in [0, 0.1) is 5.41 Å². The van der Waals surface area contributed by atoms with E-state index in [9.17, 15) is 4.79 Å². The minimum Gasteiger partial charge on any atom is -0.376 e. The number of piperidine rings is 1. The third kappa shape index (κ3) is 4.76. The van der Waals surface area contributed by atoms with Gasteiger partial charge in [-0.1, -0.05) is 0 Å². The number of anilines is 1. The van der Waals surface area contributed by atoms with Crippen molar-refractivity contribution in [1.29, 1.82) is 0 Å². The second-order valence-electron chi connectivity index (χ2n) is 7.18. The molecule has 0 radical (unpaired) electrons. The number of hydrogen-bond acceptors (Lipinski definition) is 6. The highest BCUT2D eigenvalue weighted by molar-refractivity contribution is 5.91. The second-order valence-corrected chi connectivity index (χ2v) is 7.18. The summed E-state index contributed by atoms with van der Waals surface area (Å²) in [5, 5.41) is 6.33. The Kier molecular flexibility index (Phi) is 5.65. The molecule has 3 heterocycles. The van der Waals surface area contributed by atoms with Crippen molar-refractivity contribution in [2.45, 2.75) is 25.4 Å². The van der Waals surface area contributed by atoms with E-state index in [-0.39, 0.29) is 12.0 Å². The molecule has 3 rings (SSSR count). The number of hydrogen-bond donors (Lipinski definition) is 2. The SMILES string of the molecule is CN(C)c1ncc(C=CC(=O)NCC2CC3(CCNCC3)CO2)cn1. The smallest absolute Gasteiger partial charge is 0.244 e. The van der Waals surface area contributed by atoms with E-state index in [1.807, 2.05) is 19.0 Å². The first-order valence-corrected chi connectivity index (χ1v) is 8.84. The van der Waals surface area contributed by atoms with E-state index in [0.717, 1.165) is 31.7 Å². The van der Waals surface area contributed by atoms with Crippen LogP contribution in [0.5, 0.6) is 0 Å². The van der Waals surface area contributed by atoms with Gasteiger partial charge in [0.1, 0.15) is 0 Å². The van der Waals surface area contributed by atoms with Crippen molar-refractivity contribution >= 4 is 17.9 Å². The molecule has 2 aliphatic rings. The molecule has 1 atom stereocenters. The molecule has 2 saturated heterocycles. The Balaban J connectivity index is 1.43. The first kappa shape index (κ1) is 17.8. The van der Waals surface area contributed by atoms with Gasteiger partial charge in [-0.2, -0.15) is 0 Å². The maximum absolute atomic E-state index is 12.0. The summed E-state index contributed by atoms with van der Waals surface area (Å²) in [4.78, 5) is 22.3. The predicted molar refractivity (Wildman–Crippen MR) is 97.3 cm³/mol. The Hall–Kier alpha value is -1.99. The van der Waals surface area contributed by atoms with E-state index in [0.29, 0.717) is 17.9 Å². The van der Waals surface area contributed by atoms with Crippen molar-refractivity contribution in [2.24, 2.45) is 5.41 Å². The predicted octanol–water partition coefficient (Wildman–Crippen LogP) is 0.831. The zero-order chi connectivity index (χ0) is 17.7. The van der Waals surface area contributed by atoms with Crippen LogP contribution >= 0.6 is 0 Å². The quantitative estimate of drug-likeness (QED) is 0.770. The maximum Gasteiger partial charge on any atom is 0.244 e. The summed E-state index contributed by atoms with van der Waals surface area (Å²) in [6.07, 6.45) is 10.1. The third-order valence-electron chi connectivity index (χ3n) is 4.94. The normalized spacial score (nSPS) is 22.4. The number of nitrogens with zero attached hydrogens (tertiary/aromatic N) is 3. The second kappa shape index (κ2) is 7.93. The molecule has 136 valence electrons. The first-order valence-electron chi connectivity index (χ1n) is 8.84. The number of rotatable bonds is 5. The molecule has 2 N–H and O–H groups in total. The molecule has 25 heavy (non-hydrogen) atoms. The summed E-state index contributed by atoms with van der Waals surface area (Å²) >= 11 is 0. The van der Waals surface area contributed by atoms with E-state index < -0.39 is 0 Å². The van der Waals surface area contributed by atoms with E-state index in [1.165, 1.54) is 18.9 Å². The Morgan fingerprint density at radius 2 is 2.12 bits per heavy atom. The lowest BCUT2D eigenvalue weighted by atomic mass is 9.77. The summed E-state index contributed by atoms with van der Waals surface area (Å²) in [6.45, 7) is 3.52. The van der Waals surface area contributed by atoms with Gasteiger partial charge >= 0.3 is 0 Å². The van der Waals surface area contributed by atoms with Crippen molar-refractivity contribution in [3.63, 3.8) is 0 Å². The van der Waals surface area contributed by atoms with Gasteiger partial charge in [-0.05, 0) is 43.8 Å². The number of aromatic nitrogens is 2. The summed E-state index contributed by atoms with van der Waals surface area (Å²) in [7, 11) is 3.77. The van der Waals surface area contributed by atoms with Crippen LogP contribution in [0.25, 0.3) is 6.08 Å². The Morgan fingerprint density at radius 1 is 1.40 bits per heavy atom. The molecule has 0 aromatic carbocycles.